The lowest BCUT2D eigenvalue weighted by atomic mass is 9.92. The normalized spacial score (nSPS) is 18.7. The first-order valence-electron chi connectivity index (χ1n) is 11.2. The second-order valence-electron chi connectivity index (χ2n) is 8.54. The summed E-state index contributed by atoms with van der Waals surface area (Å²) in [6.07, 6.45) is 11.6. The van der Waals surface area contributed by atoms with Crippen molar-refractivity contribution >= 4 is 45.4 Å². The molecule has 0 spiro atoms. The number of anilines is 2. The number of benzene rings is 2. The molecular weight excluding hydrogens is 470 g/mol. The lowest BCUT2D eigenvalue weighted by Crippen LogP contribution is -2.33. The summed E-state index contributed by atoms with van der Waals surface area (Å²) in [6, 6.07) is 12.4. The van der Waals surface area contributed by atoms with Crippen molar-refractivity contribution in [3.05, 3.63) is 76.6 Å². The highest BCUT2D eigenvalue weighted by atomic mass is 35.5. The Morgan fingerprint density at radius 1 is 1.03 bits per heavy atom. The minimum Gasteiger partial charge on any atom is -0.351 e. The van der Waals surface area contributed by atoms with E-state index < -0.39 is 10.0 Å². The minimum atomic E-state index is -3.78. The van der Waals surface area contributed by atoms with Gasteiger partial charge in [0.25, 0.3) is 10.0 Å². The number of rotatable bonds is 7. The number of sulfonamides is 1. The van der Waals surface area contributed by atoms with Gasteiger partial charge in [-0.15, -0.1) is 0 Å². The number of hydrogen-bond acceptors (Lipinski definition) is 6. The standard InChI is InChI=1S/C25H28ClN5O2S/c1-17-14-22(31-34(32,33)24-5-3-2-4-23(24)26)11-8-19(17)7-6-18-15-28-25(29-16-18)30-21-12-9-20(27)10-13-21/h2-8,11,14-16,20-21,31H,9-10,12-13,27H2,1H3,(H,28,29,30)/b7-6+/t20-,21-. The molecule has 0 atom stereocenters. The number of halogens is 1. The molecule has 0 saturated heterocycles. The summed E-state index contributed by atoms with van der Waals surface area (Å²) in [7, 11) is -3.78. The van der Waals surface area contributed by atoms with Gasteiger partial charge in [-0.05, 0) is 68.0 Å². The zero-order valence-electron chi connectivity index (χ0n) is 18.9. The molecule has 0 aliphatic heterocycles. The van der Waals surface area contributed by atoms with Crippen LogP contribution < -0.4 is 15.8 Å². The lowest BCUT2D eigenvalue weighted by molar-refractivity contribution is 0.410. The Balaban J connectivity index is 1.39. The minimum absolute atomic E-state index is 0.0447. The van der Waals surface area contributed by atoms with E-state index in [0.717, 1.165) is 42.4 Å². The van der Waals surface area contributed by atoms with Crippen LogP contribution in [0.3, 0.4) is 0 Å². The topological polar surface area (TPSA) is 110 Å². The fraction of sp³-hybridized carbons (Fsp3) is 0.280. The van der Waals surface area contributed by atoms with Crippen LogP contribution in [-0.4, -0.2) is 30.5 Å². The Bertz CT molecular complexity index is 1270. The second kappa shape index (κ2) is 10.5. The molecule has 34 heavy (non-hydrogen) atoms. The van der Waals surface area contributed by atoms with Gasteiger partial charge >= 0.3 is 0 Å². The smallest absolute Gasteiger partial charge is 0.263 e. The van der Waals surface area contributed by atoms with Crippen molar-refractivity contribution in [1.82, 2.24) is 9.97 Å². The number of nitrogens with zero attached hydrogens (tertiary/aromatic N) is 2. The molecule has 3 aromatic rings. The summed E-state index contributed by atoms with van der Waals surface area (Å²) in [6.45, 7) is 1.92. The molecule has 9 heteroatoms. The van der Waals surface area contributed by atoms with Gasteiger partial charge in [-0.25, -0.2) is 18.4 Å². The van der Waals surface area contributed by atoms with E-state index in [2.05, 4.69) is 20.0 Å². The van der Waals surface area contributed by atoms with E-state index in [0.29, 0.717) is 23.7 Å². The molecule has 4 N–H and O–H groups in total. The first-order chi connectivity index (χ1) is 16.3. The van der Waals surface area contributed by atoms with E-state index in [1.807, 2.05) is 25.1 Å². The van der Waals surface area contributed by atoms with E-state index in [4.69, 9.17) is 17.3 Å². The van der Waals surface area contributed by atoms with Gasteiger partial charge in [-0.3, -0.25) is 4.72 Å². The van der Waals surface area contributed by atoms with E-state index >= 15 is 0 Å². The summed E-state index contributed by atoms with van der Waals surface area (Å²) < 4.78 is 27.9. The van der Waals surface area contributed by atoms with Gasteiger partial charge in [-0.1, -0.05) is 42.0 Å². The highest BCUT2D eigenvalue weighted by Crippen LogP contribution is 2.25. The van der Waals surface area contributed by atoms with Crippen molar-refractivity contribution in [2.45, 2.75) is 49.6 Å². The highest BCUT2D eigenvalue weighted by Gasteiger charge is 2.19. The maximum atomic E-state index is 12.7. The van der Waals surface area contributed by atoms with Gasteiger partial charge in [-0.2, -0.15) is 0 Å². The van der Waals surface area contributed by atoms with Crippen LogP contribution in [0.5, 0.6) is 0 Å². The van der Waals surface area contributed by atoms with E-state index in [1.54, 1.807) is 42.7 Å². The van der Waals surface area contributed by atoms with Gasteiger partial charge in [0.05, 0.1) is 5.02 Å². The van der Waals surface area contributed by atoms with Crippen molar-refractivity contribution < 1.29 is 8.42 Å². The molecule has 0 bridgehead atoms. The Labute approximate surface area is 205 Å². The molecule has 1 aromatic heterocycles. The zero-order chi connectivity index (χ0) is 24.1. The molecule has 1 saturated carbocycles. The average molecular weight is 498 g/mol. The zero-order valence-corrected chi connectivity index (χ0v) is 20.5. The van der Waals surface area contributed by atoms with Gasteiger partial charge < -0.3 is 11.1 Å². The number of aryl methyl sites for hydroxylation is 1. The van der Waals surface area contributed by atoms with E-state index in [1.165, 1.54) is 6.07 Å². The molecule has 0 unspecified atom stereocenters. The molecule has 2 aromatic carbocycles. The van der Waals surface area contributed by atoms with Crippen LogP contribution in [0.1, 0.15) is 42.4 Å². The summed E-state index contributed by atoms with van der Waals surface area (Å²) in [5.74, 6) is 0.629. The molecule has 4 rings (SSSR count). The fourth-order valence-corrected chi connectivity index (χ4v) is 5.50. The van der Waals surface area contributed by atoms with Crippen LogP contribution in [0.4, 0.5) is 11.6 Å². The summed E-state index contributed by atoms with van der Waals surface area (Å²) in [4.78, 5) is 8.89. The molecule has 1 heterocycles. The predicted molar refractivity (Wildman–Crippen MR) is 138 cm³/mol. The van der Waals surface area contributed by atoms with E-state index in [9.17, 15) is 8.42 Å². The maximum absolute atomic E-state index is 12.7. The Hall–Kier alpha value is -2.94. The molecule has 1 aliphatic carbocycles. The van der Waals surface area contributed by atoms with Crippen molar-refractivity contribution in [2.75, 3.05) is 10.0 Å². The fourth-order valence-electron chi connectivity index (χ4n) is 3.93. The molecule has 0 amide bonds. The molecule has 1 aliphatic rings. The Kier molecular flexibility index (Phi) is 7.50. The van der Waals surface area contributed by atoms with Crippen LogP contribution >= 0.6 is 11.6 Å². The molecule has 7 nitrogen and oxygen atoms in total. The first kappa shape index (κ1) is 24.2. The highest BCUT2D eigenvalue weighted by molar-refractivity contribution is 7.92. The monoisotopic (exact) mass is 497 g/mol. The number of aromatic nitrogens is 2. The van der Waals surface area contributed by atoms with Crippen molar-refractivity contribution in [3.63, 3.8) is 0 Å². The third-order valence-electron chi connectivity index (χ3n) is 5.88. The first-order valence-corrected chi connectivity index (χ1v) is 13.1. The molecule has 178 valence electrons. The molecule has 1 fully saturated rings. The average Bonchev–Trinajstić information content (AvgIpc) is 2.81. The van der Waals surface area contributed by atoms with Gasteiger partial charge in [0, 0.05) is 35.7 Å². The number of nitrogens with two attached hydrogens (primary N) is 1. The lowest BCUT2D eigenvalue weighted by Gasteiger charge is -2.26. The van der Waals surface area contributed by atoms with Gasteiger partial charge in [0.2, 0.25) is 5.95 Å². The van der Waals surface area contributed by atoms with Gasteiger partial charge in [0.1, 0.15) is 4.90 Å². The van der Waals surface area contributed by atoms with Crippen molar-refractivity contribution in [2.24, 2.45) is 5.73 Å². The third-order valence-corrected chi connectivity index (χ3v) is 7.76. The second-order valence-corrected chi connectivity index (χ2v) is 10.6. The summed E-state index contributed by atoms with van der Waals surface area (Å²) in [5.41, 5.74) is 9.19. The summed E-state index contributed by atoms with van der Waals surface area (Å²) in [5, 5.41) is 3.56. The van der Waals surface area contributed by atoms with Crippen LogP contribution in [0, 0.1) is 6.92 Å². The van der Waals surface area contributed by atoms with Crippen molar-refractivity contribution in [1.29, 1.82) is 0 Å². The van der Waals surface area contributed by atoms with Crippen LogP contribution in [-0.2, 0) is 10.0 Å². The Morgan fingerprint density at radius 2 is 1.74 bits per heavy atom. The van der Waals surface area contributed by atoms with Crippen LogP contribution in [0.15, 0.2) is 59.8 Å². The van der Waals surface area contributed by atoms with Crippen LogP contribution in [0.25, 0.3) is 12.2 Å². The third kappa shape index (κ3) is 6.14. The molecule has 0 radical (unpaired) electrons. The van der Waals surface area contributed by atoms with Gasteiger partial charge in [0.15, 0.2) is 0 Å². The SMILES string of the molecule is Cc1cc(NS(=O)(=O)c2ccccc2Cl)ccc1/C=C/c1cnc(N[C@H]2CC[C@H](N)CC2)nc1. The predicted octanol–water partition coefficient (Wildman–Crippen LogP) is 5.09. The molecular formula is C25H28ClN5O2S. The van der Waals surface area contributed by atoms with Crippen molar-refractivity contribution in [3.8, 4) is 0 Å². The maximum Gasteiger partial charge on any atom is 0.263 e. The summed E-state index contributed by atoms with van der Waals surface area (Å²) >= 11 is 6.05. The number of nitrogens with one attached hydrogen (secondary N) is 2. The quantitative estimate of drug-likeness (QED) is 0.419. The number of hydrogen-bond donors (Lipinski definition) is 3. The largest absolute Gasteiger partial charge is 0.351 e. The van der Waals surface area contributed by atoms with E-state index in [-0.39, 0.29) is 9.92 Å². The van der Waals surface area contributed by atoms with Crippen LogP contribution in [0.2, 0.25) is 5.02 Å². The Morgan fingerprint density at radius 3 is 2.41 bits per heavy atom.